The van der Waals surface area contributed by atoms with E-state index in [0.29, 0.717) is 17.7 Å². The van der Waals surface area contributed by atoms with Crippen LogP contribution >= 0.6 is 23.2 Å². The number of allylic oxidation sites excluding steroid dienone is 3. The maximum absolute atomic E-state index is 5.75. The summed E-state index contributed by atoms with van der Waals surface area (Å²) in [5, 5.41) is 0. The van der Waals surface area contributed by atoms with E-state index < -0.39 is 0 Å². The van der Waals surface area contributed by atoms with E-state index in [9.17, 15) is 0 Å². The van der Waals surface area contributed by atoms with Crippen molar-refractivity contribution < 1.29 is 0 Å². The van der Waals surface area contributed by atoms with Crippen LogP contribution in [0, 0.1) is 5.92 Å². The summed E-state index contributed by atoms with van der Waals surface area (Å²) in [7, 11) is 0. The fourth-order valence-corrected chi connectivity index (χ4v) is 2.01. The number of nitrogens with zero attached hydrogens (tertiary/aromatic N) is 1. The van der Waals surface area contributed by atoms with Crippen LogP contribution in [0.5, 0.6) is 0 Å². The van der Waals surface area contributed by atoms with E-state index in [0.717, 1.165) is 19.5 Å². The van der Waals surface area contributed by atoms with Crippen molar-refractivity contribution in [3.05, 3.63) is 23.9 Å². The zero-order chi connectivity index (χ0) is 10.4. The Labute approximate surface area is 96.4 Å². The molecular weight excluding hydrogens is 217 g/mol. The van der Waals surface area contributed by atoms with Crippen molar-refractivity contribution in [2.75, 3.05) is 24.8 Å². The highest BCUT2D eigenvalue weighted by Gasteiger charge is 2.10. The minimum atomic E-state index is 0.628. The Bertz CT molecular complexity index is 217. The maximum Gasteiger partial charge on any atom is 0.0399 e. The normalized spacial score (nSPS) is 20.8. The Morgan fingerprint density at radius 3 is 2.50 bits per heavy atom. The minimum Gasteiger partial charge on any atom is -0.369 e. The summed E-state index contributed by atoms with van der Waals surface area (Å²) in [6.07, 6.45) is 7.81. The highest BCUT2D eigenvalue weighted by Crippen LogP contribution is 2.18. The number of hydrogen-bond donors (Lipinski definition) is 0. The van der Waals surface area contributed by atoms with Gasteiger partial charge < -0.3 is 4.90 Å². The van der Waals surface area contributed by atoms with Crippen molar-refractivity contribution in [3.8, 4) is 0 Å². The van der Waals surface area contributed by atoms with Gasteiger partial charge in [-0.3, -0.25) is 0 Å². The molecule has 1 unspecified atom stereocenters. The molecule has 1 aliphatic carbocycles. The van der Waals surface area contributed by atoms with Gasteiger partial charge >= 0.3 is 0 Å². The van der Waals surface area contributed by atoms with Gasteiger partial charge in [-0.25, -0.2) is 0 Å². The van der Waals surface area contributed by atoms with Crippen LogP contribution in [0.2, 0.25) is 0 Å². The second-order valence-corrected chi connectivity index (χ2v) is 4.33. The lowest BCUT2D eigenvalue weighted by molar-refractivity contribution is 0.392. The molecule has 0 fully saturated rings. The lowest BCUT2D eigenvalue weighted by Crippen LogP contribution is -2.27. The zero-order valence-electron chi connectivity index (χ0n) is 8.55. The standard InChI is InChI=1S/C11H17Cl2N/c1-10-3-2-4-11(9-10)14(7-5-12)8-6-13/h2,4,9-10H,3,5-8H2,1H3. The largest absolute Gasteiger partial charge is 0.369 e. The summed E-state index contributed by atoms with van der Waals surface area (Å²) >= 11 is 11.5. The topological polar surface area (TPSA) is 3.24 Å². The van der Waals surface area contributed by atoms with Crippen LogP contribution < -0.4 is 0 Å². The van der Waals surface area contributed by atoms with Crippen LogP contribution in [-0.2, 0) is 0 Å². The first-order valence-corrected chi connectivity index (χ1v) is 6.10. The van der Waals surface area contributed by atoms with E-state index >= 15 is 0 Å². The fraction of sp³-hybridized carbons (Fsp3) is 0.636. The van der Waals surface area contributed by atoms with Crippen molar-refractivity contribution >= 4 is 23.2 Å². The molecule has 1 rings (SSSR count). The van der Waals surface area contributed by atoms with Gasteiger partial charge in [-0.1, -0.05) is 19.1 Å². The van der Waals surface area contributed by atoms with E-state index in [1.807, 2.05) is 0 Å². The molecule has 0 radical (unpaired) electrons. The highest BCUT2D eigenvalue weighted by atomic mass is 35.5. The van der Waals surface area contributed by atoms with Gasteiger partial charge in [0.1, 0.15) is 0 Å². The van der Waals surface area contributed by atoms with Gasteiger partial charge in [0.15, 0.2) is 0 Å². The molecule has 1 atom stereocenters. The summed E-state index contributed by atoms with van der Waals surface area (Å²) in [6.45, 7) is 3.97. The first-order chi connectivity index (χ1) is 6.77. The number of halogens is 2. The Morgan fingerprint density at radius 2 is 2.00 bits per heavy atom. The van der Waals surface area contributed by atoms with Crippen molar-refractivity contribution in [2.24, 2.45) is 5.92 Å². The smallest absolute Gasteiger partial charge is 0.0399 e. The maximum atomic E-state index is 5.75. The molecule has 1 aliphatic rings. The number of hydrogen-bond acceptors (Lipinski definition) is 1. The Hall–Kier alpha value is -0.140. The van der Waals surface area contributed by atoms with Crippen molar-refractivity contribution in [1.29, 1.82) is 0 Å². The second kappa shape index (κ2) is 6.36. The average Bonchev–Trinajstić information content (AvgIpc) is 2.17. The van der Waals surface area contributed by atoms with Crippen molar-refractivity contribution in [2.45, 2.75) is 13.3 Å². The Kier molecular flexibility index (Phi) is 5.42. The first kappa shape index (κ1) is 11.9. The molecule has 0 bridgehead atoms. The first-order valence-electron chi connectivity index (χ1n) is 5.03. The van der Waals surface area contributed by atoms with Crippen LogP contribution in [0.15, 0.2) is 23.9 Å². The van der Waals surface area contributed by atoms with Crippen LogP contribution in [-0.4, -0.2) is 29.7 Å². The average molecular weight is 234 g/mol. The number of alkyl halides is 2. The molecule has 0 aromatic rings. The Balaban J connectivity index is 2.61. The predicted octanol–water partition coefficient (Wildman–Crippen LogP) is 3.25. The lowest BCUT2D eigenvalue weighted by atomic mass is 10.0. The molecule has 1 nitrogen and oxygen atoms in total. The van der Waals surface area contributed by atoms with Crippen LogP contribution in [0.3, 0.4) is 0 Å². The van der Waals surface area contributed by atoms with Gasteiger partial charge in [-0.05, 0) is 18.4 Å². The molecule has 0 N–H and O–H groups in total. The molecular formula is C11H17Cl2N. The summed E-state index contributed by atoms with van der Waals surface area (Å²) in [6, 6.07) is 0. The van der Waals surface area contributed by atoms with E-state index in [1.54, 1.807) is 0 Å². The quantitative estimate of drug-likeness (QED) is 0.660. The summed E-state index contributed by atoms with van der Waals surface area (Å²) < 4.78 is 0. The van der Waals surface area contributed by atoms with Crippen LogP contribution in [0.4, 0.5) is 0 Å². The molecule has 0 spiro atoms. The van der Waals surface area contributed by atoms with Gasteiger partial charge in [0.05, 0.1) is 0 Å². The third kappa shape index (κ3) is 3.55. The fourth-order valence-electron chi connectivity index (χ4n) is 1.60. The second-order valence-electron chi connectivity index (χ2n) is 3.57. The van der Waals surface area contributed by atoms with Crippen LogP contribution in [0.1, 0.15) is 13.3 Å². The molecule has 0 aromatic heterocycles. The molecule has 14 heavy (non-hydrogen) atoms. The summed E-state index contributed by atoms with van der Waals surface area (Å²) in [5.74, 6) is 1.93. The van der Waals surface area contributed by atoms with E-state index in [-0.39, 0.29) is 0 Å². The van der Waals surface area contributed by atoms with E-state index in [1.165, 1.54) is 5.70 Å². The van der Waals surface area contributed by atoms with Gasteiger partial charge in [-0.2, -0.15) is 0 Å². The van der Waals surface area contributed by atoms with Gasteiger partial charge in [0, 0.05) is 30.5 Å². The SMILES string of the molecule is CC1C=C(N(CCCl)CCCl)C=CC1. The highest BCUT2D eigenvalue weighted by molar-refractivity contribution is 6.18. The summed E-state index contributed by atoms with van der Waals surface area (Å²) in [4.78, 5) is 2.24. The third-order valence-electron chi connectivity index (χ3n) is 2.33. The van der Waals surface area contributed by atoms with Crippen molar-refractivity contribution in [1.82, 2.24) is 4.90 Å². The summed E-state index contributed by atoms with van der Waals surface area (Å²) in [5.41, 5.74) is 1.27. The molecule has 0 aliphatic heterocycles. The molecule has 0 saturated heterocycles. The molecule has 0 aromatic carbocycles. The minimum absolute atomic E-state index is 0.628. The van der Waals surface area contributed by atoms with E-state index in [4.69, 9.17) is 23.2 Å². The molecule has 0 heterocycles. The third-order valence-corrected chi connectivity index (χ3v) is 2.66. The Morgan fingerprint density at radius 1 is 1.36 bits per heavy atom. The van der Waals surface area contributed by atoms with Crippen LogP contribution in [0.25, 0.3) is 0 Å². The zero-order valence-corrected chi connectivity index (χ0v) is 10.1. The number of rotatable bonds is 5. The molecule has 0 saturated carbocycles. The van der Waals surface area contributed by atoms with Gasteiger partial charge in [-0.15, -0.1) is 23.2 Å². The molecule has 3 heteroatoms. The predicted molar refractivity (Wildman–Crippen MR) is 64.0 cm³/mol. The van der Waals surface area contributed by atoms with Gasteiger partial charge in [0.25, 0.3) is 0 Å². The van der Waals surface area contributed by atoms with E-state index in [2.05, 4.69) is 30.1 Å². The monoisotopic (exact) mass is 233 g/mol. The molecule has 0 amide bonds. The lowest BCUT2D eigenvalue weighted by Gasteiger charge is -2.26. The molecule has 80 valence electrons. The van der Waals surface area contributed by atoms with Crippen molar-refractivity contribution in [3.63, 3.8) is 0 Å². The van der Waals surface area contributed by atoms with Gasteiger partial charge in [0.2, 0.25) is 0 Å².